The van der Waals surface area contributed by atoms with Crippen LogP contribution in [0.4, 0.5) is 5.69 Å². The van der Waals surface area contributed by atoms with E-state index in [1.807, 2.05) is 69.9 Å². The topological polar surface area (TPSA) is 73.1 Å². The van der Waals surface area contributed by atoms with Crippen molar-refractivity contribution in [2.45, 2.75) is 72.8 Å². The molecule has 9 heteroatoms. The summed E-state index contributed by atoms with van der Waals surface area (Å²) in [5, 5.41) is 14.5. The highest BCUT2D eigenvalue weighted by Crippen LogP contribution is 2.45. The van der Waals surface area contributed by atoms with Crippen LogP contribution in [0.25, 0.3) is 22.0 Å². The third kappa shape index (κ3) is 7.54. The molecule has 0 aliphatic heterocycles. The van der Waals surface area contributed by atoms with Crippen LogP contribution >= 0.6 is 23.2 Å². The minimum atomic E-state index is 0.110. The van der Waals surface area contributed by atoms with Crippen LogP contribution < -0.4 is 15.4 Å². The number of anilines is 1. The fraction of sp³-hybridized carbons (Fsp3) is 0.400. The van der Waals surface area contributed by atoms with Crippen molar-refractivity contribution in [1.82, 2.24) is 19.7 Å². The number of hydrogen-bond donors (Lipinski definition) is 2. The number of nitrogens with one attached hydrogen (secondary N) is 2. The first-order chi connectivity index (χ1) is 23.4. The normalized spacial score (nSPS) is 12.8. The lowest BCUT2D eigenvalue weighted by Crippen LogP contribution is -2.29. The summed E-state index contributed by atoms with van der Waals surface area (Å²) in [4.78, 5) is 11.8. The van der Waals surface area contributed by atoms with Crippen molar-refractivity contribution < 1.29 is 9.53 Å². The summed E-state index contributed by atoms with van der Waals surface area (Å²) < 4.78 is 10.5. The summed E-state index contributed by atoms with van der Waals surface area (Å²) in [5.74, 6) is 0.945. The van der Waals surface area contributed by atoms with Crippen molar-refractivity contribution >= 4 is 46.1 Å². The number of halogens is 2. The first-order valence-electron chi connectivity index (χ1n) is 17.0. The number of benzene rings is 3. The molecule has 0 bridgehead atoms. The van der Waals surface area contributed by atoms with Gasteiger partial charge in [0.05, 0.1) is 17.3 Å². The molecule has 2 atom stereocenters. The molecule has 2 heterocycles. The Hall–Kier alpha value is -3.78. The Kier molecular flexibility index (Phi) is 11.5. The minimum absolute atomic E-state index is 0.110. The van der Waals surface area contributed by atoms with Crippen LogP contribution in [-0.4, -0.2) is 46.9 Å². The standard InChI is InChI=1S/C40H49Cl2N5O2/c1-23-17-31(18-24(2)39(23)42)49-16-10-11-30(20-33-27(5)46(8)36-15-12-29(22-48)19-34(33)36)32-13-14-35(41)38(40(32)44-25(3)21-43-7)37-26(4)45-47(9)28(37)6/h12-15,17-19,22,25,30,43-44H,10-11,16,20-21H2,1-9H3/t25-,30?/m1/s1. The molecule has 2 N–H and O–H groups in total. The van der Waals surface area contributed by atoms with Gasteiger partial charge in [0.2, 0.25) is 0 Å². The van der Waals surface area contributed by atoms with Gasteiger partial charge in [-0.15, -0.1) is 0 Å². The van der Waals surface area contributed by atoms with E-state index < -0.39 is 0 Å². The number of carbonyl (C=O) groups excluding carboxylic acids is 1. The van der Waals surface area contributed by atoms with Crippen LogP contribution in [-0.2, 0) is 20.5 Å². The molecule has 0 aliphatic rings. The Bertz CT molecular complexity index is 1970. The van der Waals surface area contributed by atoms with Crippen LogP contribution in [0.2, 0.25) is 10.0 Å². The number of fused-ring (bicyclic) bond motifs is 1. The number of aromatic nitrogens is 3. The Morgan fingerprint density at radius 2 is 1.67 bits per heavy atom. The maximum absolute atomic E-state index is 11.8. The fourth-order valence-corrected chi connectivity index (χ4v) is 7.55. The van der Waals surface area contributed by atoms with E-state index in [4.69, 9.17) is 33.0 Å². The third-order valence-electron chi connectivity index (χ3n) is 9.90. The molecule has 5 aromatic rings. The molecule has 0 saturated heterocycles. The van der Waals surface area contributed by atoms with E-state index in [-0.39, 0.29) is 12.0 Å². The number of nitrogens with zero attached hydrogens (tertiary/aromatic N) is 3. The Morgan fingerprint density at radius 3 is 2.31 bits per heavy atom. The number of ether oxygens (including phenoxy) is 1. The van der Waals surface area contributed by atoms with Crippen molar-refractivity contribution in [3.8, 4) is 16.9 Å². The van der Waals surface area contributed by atoms with Gasteiger partial charge < -0.3 is 19.9 Å². The third-order valence-corrected chi connectivity index (χ3v) is 10.8. The van der Waals surface area contributed by atoms with Crippen molar-refractivity contribution in [3.05, 3.63) is 97.4 Å². The second kappa shape index (κ2) is 15.4. The van der Waals surface area contributed by atoms with Gasteiger partial charge in [-0.1, -0.05) is 29.3 Å². The summed E-state index contributed by atoms with van der Waals surface area (Å²) in [6.07, 6.45) is 3.42. The maximum Gasteiger partial charge on any atom is 0.150 e. The summed E-state index contributed by atoms with van der Waals surface area (Å²) in [7, 11) is 6.04. The van der Waals surface area contributed by atoms with Gasteiger partial charge in [-0.25, -0.2) is 0 Å². The molecule has 49 heavy (non-hydrogen) atoms. The molecule has 0 radical (unpaired) electrons. The van der Waals surface area contributed by atoms with E-state index in [0.29, 0.717) is 17.2 Å². The Balaban J connectivity index is 1.62. The fourth-order valence-electron chi connectivity index (χ4n) is 7.19. The van der Waals surface area contributed by atoms with Crippen LogP contribution in [0.1, 0.15) is 75.4 Å². The average molecular weight is 703 g/mol. The number of likely N-dealkylation sites (N-methyl/N-ethyl adjacent to an activating group) is 1. The number of aldehydes is 1. The highest BCUT2D eigenvalue weighted by Gasteiger charge is 2.27. The monoisotopic (exact) mass is 701 g/mol. The lowest BCUT2D eigenvalue weighted by molar-refractivity contribution is 0.112. The van der Waals surface area contributed by atoms with Gasteiger partial charge in [-0.3, -0.25) is 9.48 Å². The summed E-state index contributed by atoms with van der Waals surface area (Å²) in [6.45, 7) is 13.9. The first-order valence-corrected chi connectivity index (χ1v) is 17.8. The van der Waals surface area contributed by atoms with Gasteiger partial charge in [-0.2, -0.15) is 5.10 Å². The van der Waals surface area contributed by atoms with Crippen LogP contribution in [0.3, 0.4) is 0 Å². The van der Waals surface area contributed by atoms with Crippen molar-refractivity contribution in [2.75, 3.05) is 25.5 Å². The lowest BCUT2D eigenvalue weighted by atomic mass is 9.84. The molecule has 0 fully saturated rings. The second-order valence-electron chi connectivity index (χ2n) is 13.4. The van der Waals surface area contributed by atoms with Crippen molar-refractivity contribution in [3.63, 3.8) is 0 Å². The van der Waals surface area contributed by atoms with Crippen molar-refractivity contribution in [1.29, 1.82) is 0 Å². The van der Waals surface area contributed by atoms with Gasteiger partial charge in [-0.05, 0) is 132 Å². The van der Waals surface area contributed by atoms with E-state index in [9.17, 15) is 4.79 Å². The molecular formula is C40H49Cl2N5O2. The molecule has 260 valence electrons. The number of hydrogen-bond acceptors (Lipinski definition) is 5. The number of aryl methyl sites for hydroxylation is 5. The number of rotatable bonds is 14. The first kappa shape index (κ1) is 36.5. The zero-order valence-electron chi connectivity index (χ0n) is 30.2. The molecule has 0 amide bonds. The molecule has 0 aliphatic carbocycles. The van der Waals surface area contributed by atoms with Crippen LogP contribution in [0, 0.1) is 34.6 Å². The van der Waals surface area contributed by atoms with Gasteiger partial charge in [0.1, 0.15) is 12.0 Å². The summed E-state index contributed by atoms with van der Waals surface area (Å²) in [6, 6.07) is 14.3. The molecule has 5 rings (SSSR count). The predicted octanol–water partition coefficient (Wildman–Crippen LogP) is 9.45. The van der Waals surface area contributed by atoms with E-state index in [1.54, 1.807) is 0 Å². The molecular weight excluding hydrogens is 653 g/mol. The van der Waals surface area contributed by atoms with E-state index >= 15 is 0 Å². The largest absolute Gasteiger partial charge is 0.494 e. The minimum Gasteiger partial charge on any atom is -0.494 e. The molecule has 7 nitrogen and oxygen atoms in total. The highest BCUT2D eigenvalue weighted by atomic mass is 35.5. The summed E-state index contributed by atoms with van der Waals surface area (Å²) in [5.41, 5.74) is 12.5. The van der Waals surface area contributed by atoms with Crippen molar-refractivity contribution in [2.24, 2.45) is 14.1 Å². The average Bonchev–Trinajstić information content (AvgIpc) is 3.45. The van der Waals surface area contributed by atoms with E-state index in [1.165, 1.54) is 16.8 Å². The van der Waals surface area contributed by atoms with E-state index in [0.717, 1.165) is 93.1 Å². The zero-order valence-corrected chi connectivity index (χ0v) is 31.7. The zero-order chi connectivity index (χ0) is 35.6. The van der Waals surface area contributed by atoms with Crippen LogP contribution in [0.5, 0.6) is 5.75 Å². The smallest absolute Gasteiger partial charge is 0.150 e. The molecule has 1 unspecified atom stereocenters. The quantitative estimate of drug-likeness (QED) is 0.0892. The summed E-state index contributed by atoms with van der Waals surface area (Å²) >= 11 is 13.6. The molecule has 3 aromatic carbocycles. The molecule has 2 aromatic heterocycles. The van der Waals surface area contributed by atoms with E-state index in [2.05, 4.69) is 55.2 Å². The van der Waals surface area contributed by atoms with Gasteiger partial charge in [0.25, 0.3) is 0 Å². The molecule has 0 saturated carbocycles. The second-order valence-corrected chi connectivity index (χ2v) is 14.2. The van der Waals surface area contributed by atoms with Gasteiger partial charge in [0, 0.05) is 76.4 Å². The highest BCUT2D eigenvalue weighted by molar-refractivity contribution is 6.34. The van der Waals surface area contributed by atoms with Gasteiger partial charge in [0.15, 0.2) is 0 Å². The SMILES string of the molecule is CNC[C@@H](C)Nc1c(C(CCCOc2cc(C)c(Cl)c(C)c2)Cc2c(C)n(C)c3ccc(C=O)cc23)ccc(Cl)c1-c1c(C)nn(C)c1C. The van der Waals surface area contributed by atoms with Gasteiger partial charge >= 0.3 is 0 Å². The lowest BCUT2D eigenvalue weighted by Gasteiger charge is -2.27. The molecule has 0 spiro atoms. The predicted molar refractivity (Wildman–Crippen MR) is 205 cm³/mol. The number of carbonyl (C=O) groups is 1. The maximum atomic E-state index is 11.8. The Morgan fingerprint density at radius 1 is 0.959 bits per heavy atom. The Labute approximate surface area is 300 Å². The van der Waals surface area contributed by atoms with Crippen LogP contribution in [0.15, 0.2) is 42.5 Å².